The molecule has 8 nitrogen and oxygen atoms in total. The summed E-state index contributed by atoms with van der Waals surface area (Å²) in [6.45, 7) is 1.65. The van der Waals surface area contributed by atoms with Gasteiger partial charge in [0.05, 0.1) is 19.1 Å². The lowest BCUT2D eigenvalue weighted by molar-refractivity contribution is -0.152. The summed E-state index contributed by atoms with van der Waals surface area (Å²) in [7, 11) is 0. The van der Waals surface area contributed by atoms with Gasteiger partial charge in [-0.15, -0.1) is 12.4 Å². The van der Waals surface area contributed by atoms with E-state index in [0.717, 1.165) is 0 Å². The molecule has 24 heavy (non-hydrogen) atoms. The van der Waals surface area contributed by atoms with E-state index in [1.54, 1.807) is 19.1 Å². The topological polar surface area (TPSA) is 122 Å². The number of aliphatic hydroxyl groups is 1. The number of nitrogens with zero attached hydrogens (tertiary/aromatic N) is 1. The van der Waals surface area contributed by atoms with E-state index in [1.165, 1.54) is 17.0 Å². The highest BCUT2D eigenvalue weighted by Gasteiger charge is 2.19. The number of aliphatic hydroxyl groups excluding tert-OH is 1. The number of hydrogen-bond donors (Lipinski definition) is 3. The van der Waals surface area contributed by atoms with Crippen LogP contribution in [0.5, 0.6) is 5.75 Å². The number of esters is 1. The average molecular weight is 363 g/mol. The molecule has 0 saturated heterocycles. The zero-order valence-electron chi connectivity index (χ0n) is 13.4. The van der Waals surface area contributed by atoms with Crippen LogP contribution < -0.4 is 5.73 Å². The van der Waals surface area contributed by atoms with E-state index in [0.29, 0.717) is 12.1 Å². The summed E-state index contributed by atoms with van der Waals surface area (Å²) >= 11 is 0. The number of carbonyl (C=O) groups excluding carboxylic acids is 2. The van der Waals surface area contributed by atoms with Crippen LogP contribution in [0, 0.1) is 0 Å². The molecule has 9 heteroatoms. The highest BCUT2D eigenvalue weighted by atomic mass is 35.5. The van der Waals surface area contributed by atoms with Crippen LogP contribution in [0.2, 0.25) is 0 Å². The molecular weight excluding hydrogens is 340 g/mol. The van der Waals surface area contributed by atoms with Crippen molar-refractivity contribution in [3.8, 4) is 5.75 Å². The Kier molecular flexibility index (Phi) is 10.5. The van der Waals surface area contributed by atoms with E-state index in [-0.39, 0.29) is 37.7 Å². The van der Waals surface area contributed by atoms with Gasteiger partial charge < -0.3 is 30.3 Å². The molecule has 0 aromatic heterocycles. The number of hydrogen-bond acceptors (Lipinski definition) is 7. The number of benzene rings is 1. The molecule has 0 radical (unpaired) electrons. The molecule has 136 valence electrons. The average Bonchev–Trinajstić information content (AvgIpc) is 2.52. The molecule has 0 heterocycles. The largest absolute Gasteiger partial charge is 0.508 e. The number of aromatic hydroxyl groups is 1. The number of likely N-dealkylation sites (N-methyl/N-ethyl adjacent to an activating group) is 1. The molecule has 0 aliphatic carbocycles. The SMILES string of the molecule is CCN(CC(O)c1cccc(O)c1)C(=O)OCOC(=O)CCN.Cl. The van der Waals surface area contributed by atoms with Crippen molar-refractivity contribution in [3.05, 3.63) is 29.8 Å². The standard InChI is InChI=1S/C15H22N2O6.ClH/c1-2-17(15(21)23-10-22-14(20)6-7-16)9-13(19)11-4-3-5-12(18)8-11;/h3-5,8,13,18-19H,2,6-7,9-10,16H2,1H3;1H. The van der Waals surface area contributed by atoms with Crippen molar-refractivity contribution in [2.75, 3.05) is 26.4 Å². The molecule has 1 atom stereocenters. The van der Waals surface area contributed by atoms with Gasteiger partial charge >= 0.3 is 12.1 Å². The summed E-state index contributed by atoms with van der Waals surface area (Å²) < 4.78 is 9.48. The van der Waals surface area contributed by atoms with Gasteiger partial charge in [0.25, 0.3) is 0 Å². The minimum absolute atomic E-state index is 0. The van der Waals surface area contributed by atoms with Gasteiger partial charge in [-0.2, -0.15) is 0 Å². The van der Waals surface area contributed by atoms with Crippen LogP contribution in [0.3, 0.4) is 0 Å². The summed E-state index contributed by atoms with van der Waals surface area (Å²) in [6, 6.07) is 6.13. The molecule has 0 fully saturated rings. The maximum absolute atomic E-state index is 11.9. The van der Waals surface area contributed by atoms with Gasteiger partial charge in [-0.05, 0) is 24.6 Å². The van der Waals surface area contributed by atoms with Crippen LogP contribution in [0.15, 0.2) is 24.3 Å². The van der Waals surface area contributed by atoms with Gasteiger partial charge in [-0.25, -0.2) is 4.79 Å². The van der Waals surface area contributed by atoms with E-state index in [2.05, 4.69) is 4.74 Å². The second-order valence-corrected chi connectivity index (χ2v) is 4.73. The van der Waals surface area contributed by atoms with Gasteiger partial charge in [-0.3, -0.25) is 4.79 Å². The molecule has 1 amide bonds. The Balaban J connectivity index is 0.00000529. The lowest BCUT2D eigenvalue weighted by atomic mass is 10.1. The minimum atomic E-state index is -0.977. The number of carbonyl (C=O) groups is 2. The molecule has 0 aliphatic heterocycles. The number of halogens is 1. The Morgan fingerprint density at radius 3 is 2.62 bits per heavy atom. The summed E-state index contributed by atoms with van der Waals surface area (Å²) in [5, 5.41) is 19.5. The van der Waals surface area contributed by atoms with Crippen LogP contribution in [0.1, 0.15) is 25.0 Å². The zero-order valence-corrected chi connectivity index (χ0v) is 14.2. The van der Waals surface area contributed by atoms with Crippen molar-refractivity contribution in [2.24, 2.45) is 5.73 Å². The number of phenols is 1. The fourth-order valence-corrected chi connectivity index (χ4v) is 1.81. The first kappa shape index (κ1) is 22.0. The van der Waals surface area contributed by atoms with E-state index in [9.17, 15) is 19.8 Å². The molecule has 0 aliphatic rings. The molecule has 1 aromatic rings. The Labute approximate surface area is 146 Å². The Morgan fingerprint density at radius 1 is 1.33 bits per heavy atom. The van der Waals surface area contributed by atoms with Gasteiger partial charge in [0.2, 0.25) is 6.79 Å². The summed E-state index contributed by atoms with van der Waals surface area (Å²) in [4.78, 5) is 24.2. The second-order valence-electron chi connectivity index (χ2n) is 4.73. The fourth-order valence-electron chi connectivity index (χ4n) is 1.81. The first-order valence-electron chi connectivity index (χ1n) is 7.22. The Hall–Kier alpha value is -2.03. The van der Waals surface area contributed by atoms with Gasteiger partial charge in [-0.1, -0.05) is 12.1 Å². The van der Waals surface area contributed by atoms with Gasteiger partial charge in [0, 0.05) is 13.1 Å². The van der Waals surface area contributed by atoms with Crippen LogP contribution in [0.25, 0.3) is 0 Å². The monoisotopic (exact) mass is 362 g/mol. The minimum Gasteiger partial charge on any atom is -0.508 e. The fraction of sp³-hybridized carbons (Fsp3) is 0.467. The summed E-state index contributed by atoms with van der Waals surface area (Å²) in [6.07, 6.45) is -1.65. The number of rotatable bonds is 8. The third-order valence-electron chi connectivity index (χ3n) is 3.04. The van der Waals surface area contributed by atoms with Crippen LogP contribution >= 0.6 is 12.4 Å². The molecule has 0 bridgehead atoms. The second kappa shape index (κ2) is 11.5. The zero-order chi connectivity index (χ0) is 17.2. The lowest BCUT2D eigenvalue weighted by Crippen LogP contribution is -2.35. The molecule has 0 spiro atoms. The lowest BCUT2D eigenvalue weighted by Gasteiger charge is -2.23. The third-order valence-corrected chi connectivity index (χ3v) is 3.04. The quantitative estimate of drug-likeness (QED) is 0.468. The van der Waals surface area contributed by atoms with Crippen LogP contribution in [0.4, 0.5) is 4.79 Å². The van der Waals surface area contributed by atoms with Crippen LogP contribution in [-0.2, 0) is 14.3 Å². The van der Waals surface area contributed by atoms with E-state index in [1.807, 2.05) is 0 Å². The van der Waals surface area contributed by atoms with Crippen molar-refractivity contribution < 1.29 is 29.3 Å². The molecule has 4 N–H and O–H groups in total. The van der Waals surface area contributed by atoms with Gasteiger partial charge in [0.15, 0.2) is 0 Å². The molecule has 1 rings (SSSR count). The molecular formula is C15H23ClN2O6. The number of ether oxygens (including phenoxy) is 2. The Bertz CT molecular complexity index is 528. The predicted molar refractivity (Wildman–Crippen MR) is 88.7 cm³/mol. The van der Waals surface area contributed by atoms with Crippen molar-refractivity contribution in [1.29, 1.82) is 0 Å². The molecule has 1 unspecified atom stereocenters. The van der Waals surface area contributed by atoms with Crippen molar-refractivity contribution in [3.63, 3.8) is 0 Å². The predicted octanol–water partition coefficient (Wildman–Crippen LogP) is 1.16. The number of phenolic OH excluding ortho intramolecular Hbond substituents is 1. The smallest absolute Gasteiger partial charge is 0.412 e. The highest BCUT2D eigenvalue weighted by molar-refractivity contribution is 5.85. The first-order chi connectivity index (χ1) is 11.0. The maximum atomic E-state index is 11.9. The van der Waals surface area contributed by atoms with Crippen molar-refractivity contribution in [1.82, 2.24) is 4.90 Å². The highest BCUT2D eigenvalue weighted by Crippen LogP contribution is 2.19. The van der Waals surface area contributed by atoms with E-state index < -0.39 is 25.0 Å². The number of nitrogens with two attached hydrogens (primary N) is 1. The third kappa shape index (κ3) is 7.49. The Morgan fingerprint density at radius 2 is 2.04 bits per heavy atom. The maximum Gasteiger partial charge on any atom is 0.412 e. The summed E-state index contributed by atoms with van der Waals surface area (Å²) in [5.74, 6) is -0.526. The van der Waals surface area contributed by atoms with E-state index >= 15 is 0 Å². The summed E-state index contributed by atoms with van der Waals surface area (Å²) in [5.41, 5.74) is 5.67. The van der Waals surface area contributed by atoms with Crippen molar-refractivity contribution in [2.45, 2.75) is 19.4 Å². The van der Waals surface area contributed by atoms with Crippen molar-refractivity contribution >= 4 is 24.5 Å². The molecule has 0 saturated carbocycles. The first-order valence-corrected chi connectivity index (χ1v) is 7.22. The molecule has 1 aromatic carbocycles. The normalized spacial score (nSPS) is 11.1. The van der Waals surface area contributed by atoms with Gasteiger partial charge in [0.1, 0.15) is 5.75 Å². The van der Waals surface area contributed by atoms with E-state index in [4.69, 9.17) is 10.5 Å². The van der Waals surface area contributed by atoms with Crippen LogP contribution in [-0.4, -0.2) is 53.6 Å². The number of amides is 1.